The number of aromatic nitrogens is 2. The molecule has 27 heavy (non-hydrogen) atoms. The molecule has 4 rings (SSSR count). The smallest absolute Gasteiger partial charge is 0.211 e. The number of sulfonamides is 1. The van der Waals surface area contributed by atoms with Gasteiger partial charge in [-0.25, -0.2) is 8.42 Å². The molecule has 1 aromatic heterocycles. The van der Waals surface area contributed by atoms with Gasteiger partial charge in [-0.2, -0.15) is 9.40 Å². The second kappa shape index (κ2) is 7.27. The van der Waals surface area contributed by atoms with Crippen LogP contribution in [0.25, 0.3) is 0 Å². The molecule has 0 spiro atoms. The third-order valence-corrected chi connectivity index (χ3v) is 7.24. The Morgan fingerprint density at radius 2 is 2.07 bits per heavy atom. The van der Waals surface area contributed by atoms with Crippen LogP contribution < -0.4 is 10.2 Å². The second-order valence-electron chi connectivity index (χ2n) is 8.35. The Morgan fingerprint density at radius 1 is 1.30 bits per heavy atom. The minimum atomic E-state index is -3.23. The fourth-order valence-electron chi connectivity index (χ4n) is 4.27. The molecule has 150 valence electrons. The molecule has 0 amide bonds. The Labute approximate surface area is 161 Å². The zero-order chi connectivity index (χ0) is 19.1. The topological polar surface area (TPSA) is 98.7 Å². The molecule has 8 nitrogen and oxygen atoms in total. The summed E-state index contributed by atoms with van der Waals surface area (Å²) in [7, 11) is -3.23. The van der Waals surface area contributed by atoms with Gasteiger partial charge < -0.3 is 15.3 Å². The molecule has 1 unspecified atom stereocenters. The van der Waals surface area contributed by atoms with Crippen molar-refractivity contribution in [3.63, 3.8) is 0 Å². The molecule has 0 saturated carbocycles. The maximum absolute atomic E-state index is 11.6. The number of nitrogens with one attached hydrogen (secondary N) is 1. The van der Waals surface area contributed by atoms with Crippen LogP contribution in [-0.2, 0) is 22.9 Å². The van der Waals surface area contributed by atoms with Crippen molar-refractivity contribution < 1.29 is 13.5 Å². The van der Waals surface area contributed by atoms with Gasteiger partial charge in [0.15, 0.2) is 5.82 Å². The molecule has 9 heteroatoms. The lowest BCUT2D eigenvalue weighted by Crippen LogP contribution is -2.53. The van der Waals surface area contributed by atoms with Crippen LogP contribution in [0.3, 0.4) is 0 Å². The van der Waals surface area contributed by atoms with Gasteiger partial charge in [0.05, 0.1) is 17.6 Å². The van der Waals surface area contributed by atoms with E-state index in [-0.39, 0.29) is 6.54 Å². The minimum Gasteiger partial charge on any atom is -0.387 e. The zero-order valence-corrected chi connectivity index (χ0v) is 16.7. The van der Waals surface area contributed by atoms with Gasteiger partial charge in [-0.1, -0.05) is 0 Å². The fraction of sp³-hybridized carbons (Fsp3) is 0.778. The lowest BCUT2D eigenvalue weighted by molar-refractivity contribution is 0.0546. The standard InChI is InChI=1S/C18H29N5O3S/c1-27(25,26)23-7-6-18(24,13-23)12-19-9-14-10-22(11-14)17-8-15-4-2-3-5-16(15)20-21-17/h8,14,19,24H,2-7,9-13H2,1H3. The minimum absolute atomic E-state index is 0.181. The van der Waals surface area contributed by atoms with Crippen molar-refractivity contribution in [1.82, 2.24) is 19.8 Å². The van der Waals surface area contributed by atoms with Crippen molar-refractivity contribution in [1.29, 1.82) is 0 Å². The highest BCUT2D eigenvalue weighted by Crippen LogP contribution is 2.27. The SMILES string of the molecule is CS(=O)(=O)N1CCC(O)(CNCC2CN(c3cc4c(nn3)CCCC4)C2)C1. The van der Waals surface area contributed by atoms with Crippen molar-refractivity contribution in [2.45, 2.75) is 37.7 Å². The van der Waals surface area contributed by atoms with E-state index in [1.807, 2.05) is 0 Å². The summed E-state index contributed by atoms with van der Waals surface area (Å²) in [5.74, 6) is 1.49. The number of rotatable bonds is 6. The highest BCUT2D eigenvalue weighted by molar-refractivity contribution is 7.88. The zero-order valence-electron chi connectivity index (χ0n) is 15.9. The Morgan fingerprint density at radius 3 is 2.81 bits per heavy atom. The molecule has 2 fully saturated rings. The molecule has 1 aliphatic carbocycles. The van der Waals surface area contributed by atoms with E-state index < -0.39 is 15.6 Å². The number of anilines is 1. The van der Waals surface area contributed by atoms with E-state index in [9.17, 15) is 13.5 Å². The predicted octanol–water partition coefficient (Wildman–Crippen LogP) is -0.222. The number of aliphatic hydroxyl groups is 1. The molecule has 1 atom stereocenters. The van der Waals surface area contributed by atoms with Gasteiger partial charge >= 0.3 is 0 Å². The fourth-order valence-corrected chi connectivity index (χ4v) is 5.17. The molecule has 1 aromatic rings. The molecule has 2 saturated heterocycles. The molecular weight excluding hydrogens is 366 g/mol. The molecule has 2 aliphatic heterocycles. The molecule has 2 N–H and O–H groups in total. The summed E-state index contributed by atoms with van der Waals surface area (Å²) in [6.07, 6.45) is 6.29. The van der Waals surface area contributed by atoms with Crippen molar-refractivity contribution in [2.75, 3.05) is 50.4 Å². The van der Waals surface area contributed by atoms with Crippen molar-refractivity contribution in [3.05, 3.63) is 17.3 Å². The predicted molar refractivity (Wildman–Crippen MR) is 103 cm³/mol. The van der Waals surface area contributed by atoms with Gasteiger partial charge in [-0.3, -0.25) is 0 Å². The van der Waals surface area contributed by atoms with Crippen molar-refractivity contribution in [3.8, 4) is 0 Å². The van der Waals surface area contributed by atoms with Crippen molar-refractivity contribution >= 4 is 15.8 Å². The van der Waals surface area contributed by atoms with Gasteiger partial charge in [-0.05, 0) is 43.7 Å². The largest absolute Gasteiger partial charge is 0.387 e. The average Bonchev–Trinajstić information content (AvgIpc) is 2.99. The van der Waals surface area contributed by atoms with E-state index in [1.54, 1.807) is 0 Å². The number of fused-ring (bicyclic) bond motifs is 1. The number of nitrogens with zero attached hydrogens (tertiary/aromatic N) is 4. The number of aryl methyl sites for hydroxylation is 2. The summed E-state index contributed by atoms with van der Waals surface area (Å²) in [4.78, 5) is 2.25. The monoisotopic (exact) mass is 395 g/mol. The van der Waals surface area contributed by atoms with Crippen LogP contribution >= 0.6 is 0 Å². The first-order valence-corrected chi connectivity index (χ1v) is 11.7. The summed E-state index contributed by atoms with van der Waals surface area (Å²) in [6, 6.07) is 2.20. The van der Waals surface area contributed by atoms with Crippen LogP contribution in [-0.4, -0.2) is 79.2 Å². The van der Waals surface area contributed by atoms with E-state index in [2.05, 4.69) is 26.5 Å². The molecular formula is C18H29N5O3S. The van der Waals surface area contributed by atoms with E-state index in [1.165, 1.54) is 29.0 Å². The Bertz CT molecular complexity index is 796. The average molecular weight is 396 g/mol. The van der Waals surface area contributed by atoms with Crippen LogP contribution in [0.4, 0.5) is 5.82 Å². The first kappa shape index (κ1) is 19.0. The van der Waals surface area contributed by atoms with Crippen LogP contribution in [0.5, 0.6) is 0 Å². The molecule has 3 aliphatic rings. The third-order valence-electron chi connectivity index (χ3n) is 5.99. The van der Waals surface area contributed by atoms with E-state index in [0.717, 1.165) is 44.0 Å². The normalized spacial score (nSPS) is 26.8. The first-order valence-electron chi connectivity index (χ1n) is 9.81. The maximum Gasteiger partial charge on any atom is 0.211 e. The molecule has 0 bridgehead atoms. The van der Waals surface area contributed by atoms with Gasteiger partial charge in [0.1, 0.15) is 0 Å². The summed E-state index contributed by atoms with van der Waals surface area (Å²) in [5.41, 5.74) is 1.56. The first-order chi connectivity index (χ1) is 12.8. The van der Waals surface area contributed by atoms with E-state index in [0.29, 0.717) is 25.4 Å². The summed E-state index contributed by atoms with van der Waals surface area (Å²) in [5, 5.41) is 22.7. The van der Waals surface area contributed by atoms with Gasteiger partial charge in [0, 0.05) is 45.2 Å². The highest BCUT2D eigenvalue weighted by atomic mass is 32.2. The molecule has 3 heterocycles. The van der Waals surface area contributed by atoms with Crippen LogP contribution in [0.15, 0.2) is 6.07 Å². The summed E-state index contributed by atoms with van der Waals surface area (Å²) >= 11 is 0. The Kier molecular flexibility index (Phi) is 5.13. The third kappa shape index (κ3) is 4.26. The maximum atomic E-state index is 11.6. The summed E-state index contributed by atoms with van der Waals surface area (Å²) < 4.78 is 24.5. The highest BCUT2D eigenvalue weighted by Gasteiger charge is 2.39. The van der Waals surface area contributed by atoms with Crippen molar-refractivity contribution in [2.24, 2.45) is 5.92 Å². The lowest BCUT2D eigenvalue weighted by Gasteiger charge is -2.40. The van der Waals surface area contributed by atoms with E-state index in [4.69, 9.17) is 0 Å². The molecule has 0 radical (unpaired) electrons. The Balaban J connectivity index is 1.21. The Hall–Kier alpha value is -1.29. The molecule has 0 aromatic carbocycles. The van der Waals surface area contributed by atoms with E-state index >= 15 is 0 Å². The number of hydrogen-bond acceptors (Lipinski definition) is 7. The van der Waals surface area contributed by atoms with Gasteiger partial charge in [0.2, 0.25) is 10.0 Å². The number of hydrogen-bond donors (Lipinski definition) is 2. The van der Waals surface area contributed by atoms with Gasteiger partial charge in [-0.15, -0.1) is 5.10 Å². The quantitative estimate of drug-likeness (QED) is 0.687. The van der Waals surface area contributed by atoms with Gasteiger partial charge in [0.25, 0.3) is 0 Å². The van der Waals surface area contributed by atoms with Crippen LogP contribution in [0.2, 0.25) is 0 Å². The second-order valence-corrected chi connectivity index (χ2v) is 10.3. The van der Waals surface area contributed by atoms with Crippen LogP contribution in [0, 0.1) is 5.92 Å². The van der Waals surface area contributed by atoms with Crippen LogP contribution in [0.1, 0.15) is 30.5 Å². The lowest BCUT2D eigenvalue weighted by atomic mass is 9.95. The number of β-amino-alcohol motifs (C(OH)–C–C–N with tert-alkyl or cyclic N) is 1. The summed E-state index contributed by atoms with van der Waals surface area (Å²) in [6.45, 7) is 3.69.